The lowest BCUT2D eigenvalue weighted by Crippen LogP contribution is -2.29. The zero-order chi connectivity index (χ0) is 16.1. The summed E-state index contributed by atoms with van der Waals surface area (Å²) >= 11 is 9.19. The predicted molar refractivity (Wildman–Crippen MR) is 89.7 cm³/mol. The summed E-state index contributed by atoms with van der Waals surface area (Å²) in [6.45, 7) is 0. The van der Waals surface area contributed by atoms with E-state index in [-0.39, 0.29) is 5.78 Å². The zero-order valence-electron chi connectivity index (χ0n) is 11.8. The van der Waals surface area contributed by atoms with Crippen molar-refractivity contribution in [1.82, 2.24) is 0 Å². The Balaban J connectivity index is 2.33. The molecule has 0 radical (unpaired) electrons. The van der Waals surface area contributed by atoms with Gasteiger partial charge in [0.2, 0.25) is 0 Å². The van der Waals surface area contributed by atoms with Crippen LogP contribution in [0.2, 0.25) is 5.02 Å². The van der Waals surface area contributed by atoms with Gasteiger partial charge in [-0.2, -0.15) is 0 Å². The Hall–Kier alpha value is -1.65. The average molecular weight is 382 g/mol. The van der Waals surface area contributed by atoms with Crippen LogP contribution in [0.1, 0.15) is 21.8 Å². The maximum Gasteiger partial charge on any atom is 0.314 e. The maximum atomic E-state index is 12.6. The molecule has 0 bridgehead atoms. The molecule has 0 aromatic heterocycles. The molecule has 2 rings (SSSR count). The quantitative estimate of drug-likeness (QED) is 0.442. The van der Waals surface area contributed by atoms with Gasteiger partial charge in [-0.3, -0.25) is 9.59 Å². The van der Waals surface area contributed by atoms with Crippen LogP contribution in [0, 0.1) is 0 Å². The van der Waals surface area contributed by atoms with E-state index in [1.165, 1.54) is 7.11 Å². The summed E-state index contributed by atoms with van der Waals surface area (Å²) in [6, 6.07) is 15.6. The standard InChI is InChI=1S/C17H14BrClO3/c1-22-17(21)14(11-5-3-2-4-6-11)15(18)16(20)12-7-9-13(19)10-8-12/h2-10,14-15H,1H3/t14-,15-/m0/s1. The summed E-state index contributed by atoms with van der Waals surface area (Å²) in [5.41, 5.74) is 1.20. The van der Waals surface area contributed by atoms with Gasteiger partial charge in [0, 0.05) is 10.6 Å². The second-order valence-electron chi connectivity index (χ2n) is 4.68. The Morgan fingerprint density at radius 3 is 2.18 bits per heavy atom. The predicted octanol–water partition coefficient (Wildman–Crippen LogP) is 4.24. The van der Waals surface area contributed by atoms with Gasteiger partial charge < -0.3 is 4.74 Å². The lowest BCUT2D eigenvalue weighted by Gasteiger charge is -2.20. The molecule has 0 saturated carbocycles. The fraction of sp³-hybridized carbons (Fsp3) is 0.176. The fourth-order valence-corrected chi connectivity index (χ4v) is 3.05. The number of methoxy groups -OCH3 is 1. The van der Waals surface area contributed by atoms with E-state index in [1.807, 2.05) is 18.2 Å². The van der Waals surface area contributed by atoms with Gasteiger partial charge in [0.05, 0.1) is 11.9 Å². The first kappa shape index (κ1) is 16.7. The van der Waals surface area contributed by atoms with Gasteiger partial charge >= 0.3 is 5.97 Å². The summed E-state index contributed by atoms with van der Waals surface area (Å²) in [4.78, 5) is 24.0. The molecular weight excluding hydrogens is 368 g/mol. The number of ether oxygens (including phenoxy) is 1. The van der Waals surface area contributed by atoms with Crippen LogP contribution in [0.15, 0.2) is 54.6 Å². The number of carbonyl (C=O) groups is 2. The van der Waals surface area contributed by atoms with E-state index in [0.717, 1.165) is 5.56 Å². The Labute approximate surface area is 142 Å². The third-order valence-electron chi connectivity index (χ3n) is 3.29. The molecule has 5 heteroatoms. The minimum atomic E-state index is -0.719. The van der Waals surface area contributed by atoms with Crippen molar-refractivity contribution >= 4 is 39.3 Å². The number of Topliss-reactive ketones (excluding diaryl/α,β-unsaturated/α-hetero) is 1. The summed E-state index contributed by atoms with van der Waals surface area (Å²) in [6.07, 6.45) is 0. The van der Waals surface area contributed by atoms with E-state index in [9.17, 15) is 9.59 Å². The molecule has 22 heavy (non-hydrogen) atoms. The number of alkyl halides is 1. The van der Waals surface area contributed by atoms with E-state index in [2.05, 4.69) is 15.9 Å². The fourth-order valence-electron chi connectivity index (χ4n) is 2.14. The number of carbonyl (C=O) groups excluding carboxylic acids is 2. The first-order valence-electron chi connectivity index (χ1n) is 6.61. The second kappa shape index (κ2) is 7.56. The van der Waals surface area contributed by atoms with Crippen molar-refractivity contribution in [3.63, 3.8) is 0 Å². The van der Waals surface area contributed by atoms with E-state index < -0.39 is 16.7 Å². The summed E-state index contributed by atoms with van der Waals surface area (Å²) in [7, 11) is 1.31. The molecule has 0 aliphatic carbocycles. The van der Waals surface area contributed by atoms with Gasteiger partial charge in [-0.15, -0.1) is 0 Å². The van der Waals surface area contributed by atoms with Gasteiger partial charge in [0.1, 0.15) is 5.92 Å². The third kappa shape index (κ3) is 3.76. The van der Waals surface area contributed by atoms with E-state index in [0.29, 0.717) is 10.6 Å². The highest BCUT2D eigenvalue weighted by atomic mass is 79.9. The van der Waals surface area contributed by atoms with Gasteiger partial charge in [0.15, 0.2) is 5.78 Å². The smallest absolute Gasteiger partial charge is 0.314 e. The van der Waals surface area contributed by atoms with Crippen molar-refractivity contribution in [2.45, 2.75) is 10.7 Å². The zero-order valence-corrected chi connectivity index (χ0v) is 14.2. The first-order valence-corrected chi connectivity index (χ1v) is 7.90. The van der Waals surface area contributed by atoms with Crippen LogP contribution in [0.4, 0.5) is 0 Å². The topological polar surface area (TPSA) is 43.4 Å². The molecule has 0 aliphatic heterocycles. The molecule has 0 N–H and O–H groups in total. The highest BCUT2D eigenvalue weighted by Crippen LogP contribution is 2.29. The van der Waals surface area contributed by atoms with Crippen molar-refractivity contribution < 1.29 is 14.3 Å². The Bertz CT molecular complexity index is 655. The number of ketones is 1. The minimum absolute atomic E-state index is 0.198. The van der Waals surface area contributed by atoms with Crippen molar-refractivity contribution in [2.75, 3.05) is 7.11 Å². The van der Waals surface area contributed by atoms with Crippen LogP contribution in [0.5, 0.6) is 0 Å². The van der Waals surface area contributed by atoms with E-state index in [1.54, 1.807) is 36.4 Å². The van der Waals surface area contributed by atoms with Gasteiger partial charge in [-0.25, -0.2) is 0 Å². The van der Waals surface area contributed by atoms with Gasteiger partial charge in [-0.1, -0.05) is 57.9 Å². The molecule has 0 unspecified atom stereocenters. The number of hydrogen-bond acceptors (Lipinski definition) is 3. The molecule has 0 heterocycles. The lowest BCUT2D eigenvalue weighted by molar-refractivity contribution is -0.142. The molecule has 0 aliphatic rings. The number of hydrogen-bond donors (Lipinski definition) is 0. The van der Waals surface area contributed by atoms with Crippen LogP contribution in [0.3, 0.4) is 0 Å². The molecule has 0 spiro atoms. The Kier molecular flexibility index (Phi) is 5.75. The Morgan fingerprint density at radius 1 is 1.05 bits per heavy atom. The molecule has 0 fully saturated rings. The molecule has 114 valence electrons. The molecule has 0 amide bonds. The van der Waals surface area contributed by atoms with Crippen LogP contribution >= 0.6 is 27.5 Å². The van der Waals surface area contributed by atoms with E-state index in [4.69, 9.17) is 16.3 Å². The van der Waals surface area contributed by atoms with Crippen LogP contribution in [-0.4, -0.2) is 23.7 Å². The van der Waals surface area contributed by atoms with Crippen molar-refractivity contribution in [1.29, 1.82) is 0 Å². The largest absolute Gasteiger partial charge is 0.469 e. The van der Waals surface area contributed by atoms with Gasteiger partial charge in [0.25, 0.3) is 0 Å². The molecule has 2 aromatic rings. The number of rotatable bonds is 5. The summed E-state index contributed by atoms with van der Waals surface area (Å²) in [5, 5.41) is 0.551. The van der Waals surface area contributed by atoms with Crippen LogP contribution < -0.4 is 0 Å². The first-order chi connectivity index (χ1) is 10.5. The third-order valence-corrected chi connectivity index (χ3v) is 4.48. The molecule has 3 nitrogen and oxygen atoms in total. The van der Waals surface area contributed by atoms with E-state index >= 15 is 0 Å². The molecule has 2 aromatic carbocycles. The number of benzene rings is 2. The van der Waals surface area contributed by atoms with Crippen molar-refractivity contribution in [3.8, 4) is 0 Å². The molecule has 2 atom stereocenters. The SMILES string of the molecule is COC(=O)[C@@H](c1ccccc1)[C@H](Br)C(=O)c1ccc(Cl)cc1. The summed E-state index contributed by atoms with van der Waals surface area (Å²) < 4.78 is 4.85. The molecular formula is C17H14BrClO3. The Morgan fingerprint density at radius 2 is 1.64 bits per heavy atom. The van der Waals surface area contributed by atoms with Crippen molar-refractivity contribution in [3.05, 3.63) is 70.7 Å². The normalized spacial score (nSPS) is 13.2. The van der Waals surface area contributed by atoms with Crippen molar-refractivity contribution in [2.24, 2.45) is 0 Å². The highest BCUT2D eigenvalue weighted by molar-refractivity contribution is 9.10. The molecule has 0 saturated heterocycles. The summed E-state index contributed by atoms with van der Waals surface area (Å²) in [5.74, 6) is -1.37. The number of esters is 1. The second-order valence-corrected chi connectivity index (χ2v) is 6.11. The lowest BCUT2D eigenvalue weighted by atomic mass is 9.91. The maximum absolute atomic E-state index is 12.6. The van der Waals surface area contributed by atoms with Gasteiger partial charge in [-0.05, 0) is 29.8 Å². The minimum Gasteiger partial charge on any atom is -0.469 e. The monoisotopic (exact) mass is 380 g/mol. The number of halogens is 2. The van der Waals surface area contributed by atoms with Crippen LogP contribution in [-0.2, 0) is 9.53 Å². The van der Waals surface area contributed by atoms with Crippen LogP contribution in [0.25, 0.3) is 0 Å². The highest BCUT2D eigenvalue weighted by Gasteiger charge is 2.34. The average Bonchev–Trinajstić information content (AvgIpc) is 2.55.